The topological polar surface area (TPSA) is 90.4 Å². The predicted molar refractivity (Wildman–Crippen MR) is 48.9 cm³/mol. The highest BCUT2D eigenvalue weighted by atomic mass is 16.6. The third-order valence-corrected chi connectivity index (χ3v) is 1.91. The summed E-state index contributed by atoms with van der Waals surface area (Å²) >= 11 is 0. The highest BCUT2D eigenvalue weighted by Crippen LogP contribution is 2.18. The smallest absolute Gasteiger partial charge is 0.358 e. The van der Waals surface area contributed by atoms with E-state index in [1.54, 1.807) is 13.8 Å². The van der Waals surface area contributed by atoms with Gasteiger partial charge in [-0.25, -0.2) is 0 Å². The lowest BCUT2D eigenvalue weighted by Gasteiger charge is -2.20. The van der Waals surface area contributed by atoms with E-state index in [-0.39, 0.29) is 12.4 Å². The Morgan fingerprint density at radius 3 is 2.79 bits per heavy atom. The van der Waals surface area contributed by atoms with Gasteiger partial charge in [-0.15, -0.1) is 0 Å². The van der Waals surface area contributed by atoms with Crippen LogP contribution in [0.1, 0.15) is 13.8 Å². The van der Waals surface area contributed by atoms with E-state index in [1.807, 2.05) is 0 Å². The van der Waals surface area contributed by atoms with E-state index in [0.29, 0.717) is 0 Å². The molecule has 14 heavy (non-hydrogen) atoms. The molecule has 0 N–H and O–H groups in total. The lowest BCUT2D eigenvalue weighted by molar-refractivity contribution is -0.389. The average Bonchev–Trinajstić information content (AvgIpc) is 2.51. The number of nitrogens with zero attached hydrogens (tertiary/aromatic N) is 4. The zero-order chi connectivity index (χ0) is 10.8. The fraction of sp³-hybridized carbons (Fsp3) is 0.571. The number of rotatable bonds is 4. The van der Waals surface area contributed by atoms with Crippen LogP contribution in [0.15, 0.2) is 17.7 Å². The van der Waals surface area contributed by atoms with E-state index in [1.165, 1.54) is 17.1 Å². The molecule has 0 aliphatic heterocycles. The van der Waals surface area contributed by atoms with Crippen LogP contribution in [0.25, 0.3) is 0 Å². The molecule has 1 heterocycles. The second-order valence-electron chi connectivity index (χ2n) is 3.50. The Labute approximate surface area is 79.9 Å². The Bertz CT molecular complexity index is 358. The van der Waals surface area contributed by atoms with Crippen molar-refractivity contribution in [2.24, 2.45) is 5.18 Å². The molecule has 0 aromatic carbocycles. The molecule has 0 saturated carbocycles. The monoisotopic (exact) mass is 198 g/mol. The highest BCUT2D eigenvalue weighted by molar-refractivity contribution is 5.14. The molecule has 0 radical (unpaired) electrons. The summed E-state index contributed by atoms with van der Waals surface area (Å²) in [6, 6.07) is 0. The second-order valence-corrected chi connectivity index (χ2v) is 3.50. The van der Waals surface area contributed by atoms with Crippen LogP contribution in [0.4, 0.5) is 5.82 Å². The predicted octanol–water partition coefficient (Wildman–Crippen LogP) is 1.29. The van der Waals surface area contributed by atoms with Gasteiger partial charge in [0.05, 0.1) is 5.54 Å². The van der Waals surface area contributed by atoms with E-state index in [2.05, 4.69) is 10.2 Å². The molecule has 7 nitrogen and oxygen atoms in total. The number of hydrogen-bond acceptors (Lipinski definition) is 5. The quantitative estimate of drug-likeness (QED) is 0.414. The van der Waals surface area contributed by atoms with Gasteiger partial charge in [0.25, 0.3) is 0 Å². The van der Waals surface area contributed by atoms with Gasteiger partial charge in [-0.2, -0.15) is 4.91 Å². The number of imidazole rings is 1. The van der Waals surface area contributed by atoms with Crippen molar-refractivity contribution in [2.75, 3.05) is 6.54 Å². The second kappa shape index (κ2) is 3.52. The van der Waals surface area contributed by atoms with Gasteiger partial charge in [0.2, 0.25) is 6.33 Å². The zero-order valence-corrected chi connectivity index (χ0v) is 7.88. The number of aromatic nitrogens is 2. The Balaban J connectivity index is 2.96. The first-order valence-electron chi connectivity index (χ1n) is 3.95. The van der Waals surface area contributed by atoms with Crippen molar-refractivity contribution in [1.29, 1.82) is 0 Å². The van der Waals surface area contributed by atoms with Crippen molar-refractivity contribution in [3.8, 4) is 0 Å². The fourth-order valence-electron chi connectivity index (χ4n) is 0.977. The molecule has 0 unspecified atom stereocenters. The van der Waals surface area contributed by atoms with Crippen LogP contribution in [0.2, 0.25) is 0 Å². The van der Waals surface area contributed by atoms with E-state index < -0.39 is 10.5 Å². The lowest BCUT2D eigenvalue weighted by atomic mass is 10.1. The summed E-state index contributed by atoms with van der Waals surface area (Å²) in [4.78, 5) is 23.5. The van der Waals surface area contributed by atoms with E-state index in [0.717, 1.165) is 0 Å². The summed E-state index contributed by atoms with van der Waals surface area (Å²) in [6.07, 6.45) is 2.61. The van der Waals surface area contributed by atoms with Crippen molar-refractivity contribution < 1.29 is 4.92 Å². The Morgan fingerprint density at radius 2 is 2.36 bits per heavy atom. The van der Waals surface area contributed by atoms with E-state index >= 15 is 0 Å². The van der Waals surface area contributed by atoms with Gasteiger partial charge >= 0.3 is 5.82 Å². The molecule has 0 bridgehead atoms. The molecule has 0 spiro atoms. The molecule has 0 atom stereocenters. The maximum absolute atomic E-state index is 10.3. The summed E-state index contributed by atoms with van der Waals surface area (Å²) in [5, 5.41) is 13.1. The van der Waals surface area contributed by atoms with Crippen molar-refractivity contribution in [2.45, 2.75) is 19.4 Å². The number of nitroso groups, excluding NO2 is 1. The standard InChI is InChI=1S/C7H10N4O3/c1-7(2,4-9-12)10-3-6(8-5-10)11(13)14/h3,5H,4H2,1-2H3. The zero-order valence-electron chi connectivity index (χ0n) is 7.88. The summed E-state index contributed by atoms with van der Waals surface area (Å²) < 4.78 is 1.51. The van der Waals surface area contributed by atoms with Gasteiger partial charge in [0, 0.05) is 0 Å². The first-order chi connectivity index (χ1) is 6.47. The molecule has 1 rings (SSSR count). The normalized spacial score (nSPS) is 11.3. The Hall–Kier alpha value is -1.79. The molecule has 7 heteroatoms. The number of nitro groups is 1. The minimum atomic E-state index is -0.582. The molecule has 0 aliphatic carbocycles. The van der Waals surface area contributed by atoms with Gasteiger partial charge in [-0.05, 0) is 23.8 Å². The lowest BCUT2D eigenvalue weighted by Crippen LogP contribution is -2.28. The van der Waals surface area contributed by atoms with Crippen LogP contribution in [0.5, 0.6) is 0 Å². The molecule has 0 fully saturated rings. The SMILES string of the molecule is CC(C)(CN=O)n1cnc([N+](=O)[O-])c1. The summed E-state index contributed by atoms with van der Waals surface area (Å²) in [7, 11) is 0. The van der Waals surface area contributed by atoms with Gasteiger partial charge in [0.15, 0.2) is 0 Å². The van der Waals surface area contributed by atoms with E-state index in [9.17, 15) is 15.0 Å². The van der Waals surface area contributed by atoms with Crippen LogP contribution in [0.3, 0.4) is 0 Å². The maximum atomic E-state index is 10.3. The molecule has 0 amide bonds. The number of hydrogen-bond donors (Lipinski definition) is 0. The fourth-order valence-corrected chi connectivity index (χ4v) is 0.977. The summed E-state index contributed by atoms with van der Waals surface area (Å²) in [6.45, 7) is 3.54. The van der Waals surface area contributed by atoms with Crippen molar-refractivity contribution in [3.63, 3.8) is 0 Å². The van der Waals surface area contributed by atoms with Crippen LogP contribution >= 0.6 is 0 Å². The van der Waals surface area contributed by atoms with Crippen LogP contribution < -0.4 is 0 Å². The first-order valence-corrected chi connectivity index (χ1v) is 3.95. The van der Waals surface area contributed by atoms with Gasteiger partial charge in [-0.3, -0.25) is 0 Å². The maximum Gasteiger partial charge on any atom is 0.381 e. The molecular formula is C7H10N4O3. The minimum Gasteiger partial charge on any atom is -0.358 e. The third kappa shape index (κ3) is 1.93. The third-order valence-electron chi connectivity index (χ3n) is 1.91. The highest BCUT2D eigenvalue weighted by Gasteiger charge is 2.24. The first kappa shape index (κ1) is 10.3. The minimum absolute atomic E-state index is 0.0422. The molecule has 0 aliphatic rings. The van der Waals surface area contributed by atoms with E-state index in [4.69, 9.17) is 0 Å². The Morgan fingerprint density at radius 1 is 1.71 bits per heavy atom. The Kier molecular flexibility index (Phi) is 2.59. The van der Waals surface area contributed by atoms with Gasteiger partial charge < -0.3 is 14.7 Å². The average molecular weight is 198 g/mol. The van der Waals surface area contributed by atoms with Crippen LogP contribution in [-0.2, 0) is 5.54 Å². The molecule has 0 saturated heterocycles. The van der Waals surface area contributed by atoms with Crippen LogP contribution in [-0.4, -0.2) is 21.0 Å². The van der Waals surface area contributed by atoms with Gasteiger partial charge in [-0.1, -0.05) is 5.18 Å². The van der Waals surface area contributed by atoms with Crippen molar-refractivity contribution >= 4 is 5.82 Å². The van der Waals surface area contributed by atoms with Crippen LogP contribution in [0, 0.1) is 15.0 Å². The van der Waals surface area contributed by atoms with Crippen molar-refractivity contribution in [1.82, 2.24) is 9.55 Å². The van der Waals surface area contributed by atoms with Crippen molar-refractivity contribution in [3.05, 3.63) is 27.5 Å². The molecular weight excluding hydrogens is 188 g/mol. The molecule has 1 aromatic rings. The summed E-state index contributed by atoms with van der Waals surface area (Å²) in [5.41, 5.74) is -0.580. The van der Waals surface area contributed by atoms with Gasteiger partial charge in [0.1, 0.15) is 12.7 Å². The largest absolute Gasteiger partial charge is 0.381 e. The molecule has 1 aromatic heterocycles. The molecule has 76 valence electrons. The summed E-state index contributed by atoms with van der Waals surface area (Å²) in [5.74, 6) is -0.232.